The highest BCUT2D eigenvalue weighted by Gasteiger charge is 2.06. The van der Waals surface area contributed by atoms with Crippen LogP contribution >= 0.6 is 0 Å². The fourth-order valence-corrected chi connectivity index (χ4v) is 1.50. The predicted molar refractivity (Wildman–Crippen MR) is 69.7 cm³/mol. The molecule has 0 atom stereocenters. The largest absolute Gasteiger partial charge is 0.377 e. The quantitative estimate of drug-likeness (QED) is 0.526. The second kappa shape index (κ2) is 8.66. The van der Waals surface area contributed by atoms with Gasteiger partial charge in [-0.05, 0) is 18.4 Å². The average Bonchev–Trinajstić information content (AvgIpc) is 2.42. The Hall–Kier alpha value is -1.39. The van der Waals surface area contributed by atoms with Gasteiger partial charge in [-0.15, -0.1) is 0 Å². The van der Waals surface area contributed by atoms with Crippen LogP contribution < -0.4 is 0 Å². The van der Waals surface area contributed by atoms with Crippen molar-refractivity contribution >= 4 is 5.91 Å². The minimum atomic E-state index is 0.000518. The molecule has 1 aromatic rings. The van der Waals surface area contributed by atoms with Crippen molar-refractivity contribution in [2.24, 2.45) is 0 Å². The van der Waals surface area contributed by atoms with Crippen LogP contribution in [0.2, 0.25) is 0 Å². The number of amides is 1. The number of carbonyl (C=O) groups excluding carboxylic acids is 1. The van der Waals surface area contributed by atoms with Gasteiger partial charge >= 0.3 is 0 Å². The Bertz CT molecular complexity index is 340. The molecule has 0 aliphatic rings. The number of nitrogens with zero attached hydrogens (tertiary/aromatic N) is 1. The lowest BCUT2D eigenvalue weighted by molar-refractivity contribution is -0.168. The third-order valence-corrected chi connectivity index (χ3v) is 2.67. The first-order valence-electron chi connectivity index (χ1n) is 6.16. The molecule has 18 heavy (non-hydrogen) atoms. The van der Waals surface area contributed by atoms with E-state index in [4.69, 9.17) is 9.57 Å². The Morgan fingerprint density at radius 2 is 1.94 bits per heavy atom. The second-order valence-electron chi connectivity index (χ2n) is 4.07. The van der Waals surface area contributed by atoms with Crippen molar-refractivity contribution in [1.29, 1.82) is 0 Å². The maximum absolute atomic E-state index is 11.4. The van der Waals surface area contributed by atoms with E-state index >= 15 is 0 Å². The van der Waals surface area contributed by atoms with Crippen LogP contribution in [0.1, 0.15) is 24.8 Å². The molecule has 4 nitrogen and oxygen atoms in total. The van der Waals surface area contributed by atoms with E-state index in [1.165, 1.54) is 17.7 Å². The number of unbranched alkanes of at least 4 members (excludes halogenated alkanes) is 1. The van der Waals surface area contributed by atoms with Gasteiger partial charge in [0.15, 0.2) is 0 Å². The Morgan fingerprint density at radius 3 is 2.61 bits per heavy atom. The number of hydroxylamine groups is 2. The Balaban J connectivity index is 2.01. The maximum Gasteiger partial charge on any atom is 0.245 e. The lowest BCUT2D eigenvalue weighted by Crippen LogP contribution is -2.24. The molecule has 0 spiro atoms. The van der Waals surface area contributed by atoms with E-state index in [9.17, 15) is 4.79 Å². The summed E-state index contributed by atoms with van der Waals surface area (Å²) in [5.74, 6) is 0.000518. The van der Waals surface area contributed by atoms with Gasteiger partial charge in [-0.25, -0.2) is 5.06 Å². The number of hydrogen-bond acceptors (Lipinski definition) is 3. The summed E-state index contributed by atoms with van der Waals surface area (Å²) in [7, 11) is 3.11. The molecule has 1 amide bonds. The highest BCUT2D eigenvalue weighted by Crippen LogP contribution is 2.03. The summed E-state index contributed by atoms with van der Waals surface area (Å²) in [6.45, 7) is 1.31. The van der Waals surface area contributed by atoms with Crippen LogP contribution in [0.3, 0.4) is 0 Å². The molecule has 0 radical (unpaired) electrons. The van der Waals surface area contributed by atoms with Crippen molar-refractivity contribution in [2.75, 3.05) is 20.8 Å². The zero-order valence-electron chi connectivity index (χ0n) is 11.1. The highest BCUT2D eigenvalue weighted by atomic mass is 16.7. The summed E-state index contributed by atoms with van der Waals surface area (Å²) in [4.78, 5) is 16.2. The fraction of sp³-hybridized carbons (Fsp3) is 0.500. The minimum Gasteiger partial charge on any atom is -0.377 e. The molecule has 0 N–H and O–H groups in total. The SMILES string of the molecule is CON(C)C(=O)CCCCOCc1ccccc1. The Labute approximate surface area is 108 Å². The van der Waals surface area contributed by atoms with Crippen LogP contribution in [0, 0.1) is 0 Å². The van der Waals surface area contributed by atoms with Crippen molar-refractivity contribution in [3.8, 4) is 0 Å². The average molecular weight is 251 g/mol. The predicted octanol–water partition coefficient (Wildman–Crippen LogP) is 2.39. The zero-order chi connectivity index (χ0) is 13.2. The standard InChI is InChI=1S/C14H21NO3/c1-15(17-2)14(16)10-6-7-11-18-12-13-8-4-3-5-9-13/h3-5,8-9H,6-7,10-12H2,1-2H3. The van der Waals surface area contributed by atoms with Crippen LogP contribution in [0.15, 0.2) is 30.3 Å². The lowest BCUT2D eigenvalue weighted by Gasteiger charge is -2.13. The number of hydrogen-bond donors (Lipinski definition) is 0. The molecular formula is C14H21NO3. The molecule has 0 aliphatic carbocycles. The molecule has 0 aliphatic heterocycles. The Morgan fingerprint density at radius 1 is 1.22 bits per heavy atom. The summed E-state index contributed by atoms with van der Waals surface area (Å²) in [5.41, 5.74) is 1.17. The molecule has 0 saturated heterocycles. The van der Waals surface area contributed by atoms with Crippen LogP contribution in [0.4, 0.5) is 0 Å². The number of benzene rings is 1. The molecule has 4 heteroatoms. The minimum absolute atomic E-state index is 0.000518. The smallest absolute Gasteiger partial charge is 0.245 e. The van der Waals surface area contributed by atoms with Crippen LogP contribution in [-0.4, -0.2) is 31.7 Å². The topological polar surface area (TPSA) is 38.8 Å². The summed E-state index contributed by atoms with van der Waals surface area (Å²) < 4.78 is 5.53. The van der Waals surface area contributed by atoms with E-state index in [1.54, 1.807) is 7.05 Å². The molecule has 0 heterocycles. The zero-order valence-corrected chi connectivity index (χ0v) is 11.1. The van der Waals surface area contributed by atoms with Crippen LogP contribution in [-0.2, 0) is 21.0 Å². The monoisotopic (exact) mass is 251 g/mol. The third-order valence-electron chi connectivity index (χ3n) is 2.67. The molecule has 0 aromatic heterocycles. The van der Waals surface area contributed by atoms with Gasteiger partial charge in [0.25, 0.3) is 0 Å². The molecule has 1 aromatic carbocycles. The lowest BCUT2D eigenvalue weighted by atomic mass is 10.2. The normalized spacial score (nSPS) is 10.3. The molecule has 0 fully saturated rings. The van der Waals surface area contributed by atoms with Crippen molar-refractivity contribution in [2.45, 2.75) is 25.9 Å². The second-order valence-corrected chi connectivity index (χ2v) is 4.07. The third kappa shape index (κ3) is 5.80. The van der Waals surface area contributed by atoms with Gasteiger partial charge in [-0.2, -0.15) is 0 Å². The van der Waals surface area contributed by atoms with Crippen molar-refractivity contribution in [3.05, 3.63) is 35.9 Å². The van der Waals surface area contributed by atoms with Crippen LogP contribution in [0.25, 0.3) is 0 Å². The Kier molecular flexibility index (Phi) is 7.06. The van der Waals surface area contributed by atoms with Gasteiger partial charge < -0.3 is 4.74 Å². The van der Waals surface area contributed by atoms with Gasteiger partial charge in [0, 0.05) is 20.1 Å². The first-order chi connectivity index (χ1) is 8.74. The van der Waals surface area contributed by atoms with Gasteiger partial charge in [0.2, 0.25) is 5.91 Å². The van der Waals surface area contributed by atoms with Gasteiger partial charge in [0.1, 0.15) is 0 Å². The van der Waals surface area contributed by atoms with Crippen molar-refractivity contribution in [3.63, 3.8) is 0 Å². The summed E-state index contributed by atoms with van der Waals surface area (Å²) in [5, 5.41) is 1.25. The number of rotatable bonds is 8. The van der Waals surface area contributed by atoms with E-state index in [2.05, 4.69) is 0 Å². The molecule has 100 valence electrons. The number of ether oxygens (including phenoxy) is 1. The first-order valence-corrected chi connectivity index (χ1v) is 6.16. The van der Waals surface area contributed by atoms with Crippen molar-refractivity contribution in [1.82, 2.24) is 5.06 Å². The summed E-state index contributed by atoms with van der Waals surface area (Å²) in [6.07, 6.45) is 2.20. The molecule has 0 bridgehead atoms. The van der Waals surface area contributed by atoms with E-state index in [1.807, 2.05) is 30.3 Å². The van der Waals surface area contributed by atoms with Gasteiger partial charge in [-0.1, -0.05) is 30.3 Å². The van der Waals surface area contributed by atoms with E-state index in [-0.39, 0.29) is 5.91 Å². The number of carbonyl (C=O) groups is 1. The van der Waals surface area contributed by atoms with Gasteiger partial charge in [0.05, 0.1) is 13.7 Å². The molecule has 1 rings (SSSR count). The first kappa shape index (κ1) is 14.7. The van der Waals surface area contributed by atoms with Crippen LogP contribution in [0.5, 0.6) is 0 Å². The van der Waals surface area contributed by atoms with Crippen molar-refractivity contribution < 1.29 is 14.4 Å². The fourth-order valence-electron chi connectivity index (χ4n) is 1.50. The molecule has 0 unspecified atom stereocenters. The molecular weight excluding hydrogens is 230 g/mol. The van der Waals surface area contributed by atoms with E-state index < -0.39 is 0 Å². The summed E-state index contributed by atoms with van der Waals surface area (Å²) >= 11 is 0. The van der Waals surface area contributed by atoms with E-state index in [0.29, 0.717) is 19.6 Å². The summed E-state index contributed by atoms with van der Waals surface area (Å²) in [6, 6.07) is 10.1. The van der Waals surface area contributed by atoms with E-state index in [0.717, 1.165) is 12.8 Å². The molecule has 0 saturated carbocycles. The maximum atomic E-state index is 11.4. The van der Waals surface area contributed by atoms with Gasteiger partial charge in [-0.3, -0.25) is 9.63 Å². The highest BCUT2D eigenvalue weighted by molar-refractivity contribution is 5.74.